The Morgan fingerprint density at radius 3 is 1.54 bits per heavy atom. The van der Waals surface area contributed by atoms with E-state index < -0.39 is 0 Å². The van der Waals surface area contributed by atoms with Gasteiger partial charge in [-0.2, -0.15) is 0 Å². The molecule has 1 aliphatic heterocycles. The highest BCUT2D eigenvalue weighted by molar-refractivity contribution is 5.96. The van der Waals surface area contributed by atoms with Crippen molar-refractivity contribution in [2.45, 2.75) is 40.5 Å². The first kappa shape index (κ1) is 12.1. The molecule has 0 bridgehead atoms. The summed E-state index contributed by atoms with van der Waals surface area (Å²) in [6, 6.07) is 0. The average Bonchev–Trinajstić information content (AvgIpc) is 2.43. The minimum atomic E-state index is -0.343. The number of rotatable bonds is 2. The Kier molecular flexibility index (Phi) is 5.35. The second-order valence-corrected chi connectivity index (χ2v) is 2.77. The molecule has 0 spiro atoms. The highest BCUT2D eigenvalue weighted by Crippen LogP contribution is 2.28. The van der Waals surface area contributed by atoms with Crippen LogP contribution in [0, 0.1) is 11.8 Å². The van der Waals surface area contributed by atoms with Gasteiger partial charge in [0.25, 0.3) is 0 Å². The number of ether oxygens (including phenoxy) is 1. The zero-order valence-corrected chi connectivity index (χ0v) is 8.79. The molecular formula is C10H18O3. The van der Waals surface area contributed by atoms with Crippen molar-refractivity contribution >= 4 is 11.9 Å². The molecule has 0 amide bonds. The lowest BCUT2D eigenvalue weighted by Crippen LogP contribution is -2.15. The monoisotopic (exact) mass is 186 g/mol. The first-order chi connectivity index (χ1) is 6.20. The van der Waals surface area contributed by atoms with Gasteiger partial charge in [-0.3, -0.25) is 9.59 Å². The van der Waals surface area contributed by atoms with Gasteiger partial charge in [0.05, 0.1) is 11.8 Å². The lowest BCUT2D eigenvalue weighted by atomic mass is 9.91. The van der Waals surface area contributed by atoms with Crippen LogP contribution in [0.3, 0.4) is 0 Å². The largest absolute Gasteiger partial charge is 0.393 e. The third-order valence-corrected chi connectivity index (χ3v) is 2.17. The third kappa shape index (κ3) is 2.54. The van der Waals surface area contributed by atoms with Gasteiger partial charge < -0.3 is 4.74 Å². The van der Waals surface area contributed by atoms with E-state index >= 15 is 0 Å². The number of hydrogen-bond donors (Lipinski definition) is 0. The van der Waals surface area contributed by atoms with Crippen LogP contribution >= 0.6 is 0 Å². The van der Waals surface area contributed by atoms with Gasteiger partial charge in [-0.25, -0.2) is 0 Å². The molecule has 0 radical (unpaired) electrons. The number of esters is 2. The molecule has 0 saturated carbocycles. The smallest absolute Gasteiger partial charge is 0.317 e. The molecule has 1 fully saturated rings. The Hall–Kier alpha value is -0.860. The van der Waals surface area contributed by atoms with Gasteiger partial charge in [-0.05, 0) is 12.8 Å². The standard InChI is InChI=1S/C8H12O3.C2H6/c1-3-5-6(4-2)8(10)11-7(5)9;1-2/h5-6H,3-4H2,1-2H3;1-2H3. The molecule has 0 aromatic rings. The zero-order valence-electron chi connectivity index (χ0n) is 8.79. The molecule has 0 aromatic heterocycles. The quantitative estimate of drug-likeness (QED) is 0.490. The normalized spacial score (nSPS) is 26.5. The van der Waals surface area contributed by atoms with Gasteiger partial charge in [-0.15, -0.1) is 0 Å². The van der Waals surface area contributed by atoms with E-state index in [2.05, 4.69) is 4.74 Å². The van der Waals surface area contributed by atoms with Crippen LogP contribution in [0.15, 0.2) is 0 Å². The van der Waals surface area contributed by atoms with Gasteiger partial charge >= 0.3 is 11.9 Å². The SMILES string of the molecule is CC.CCC1C(=O)OC(=O)C1CC. The Labute approximate surface area is 79.5 Å². The van der Waals surface area contributed by atoms with Gasteiger partial charge in [0.1, 0.15) is 0 Å². The van der Waals surface area contributed by atoms with Crippen molar-refractivity contribution < 1.29 is 14.3 Å². The summed E-state index contributed by atoms with van der Waals surface area (Å²) in [6.45, 7) is 7.79. The lowest BCUT2D eigenvalue weighted by Gasteiger charge is -2.06. The number of hydrogen-bond acceptors (Lipinski definition) is 3. The summed E-state index contributed by atoms with van der Waals surface area (Å²) in [6.07, 6.45) is 1.40. The lowest BCUT2D eigenvalue weighted by molar-refractivity contribution is -0.153. The summed E-state index contributed by atoms with van der Waals surface area (Å²) >= 11 is 0. The summed E-state index contributed by atoms with van der Waals surface area (Å²) < 4.78 is 4.49. The molecule has 0 aliphatic carbocycles. The van der Waals surface area contributed by atoms with E-state index in [1.165, 1.54) is 0 Å². The first-order valence-electron chi connectivity index (χ1n) is 4.96. The van der Waals surface area contributed by atoms with Crippen LogP contribution in [0.25, 0.3) is 0 Å². The van der Waals surface area contributed by atoms with E-state index in [1.807, 2.05) is 27.7 Å². The van der Waals surface area contributed by atoms with Crippen LogP contribution in [0.5, 0.6) is 0 Å². The van der Waals surface area contributed by atoms with Crippen molar-refractivity contribution in [3.63, 3.8) is 0 Å². The molecule has 3 nitrogen and oxygen atoms in total. The Balaban J connectivity index is 0.000000671. The van der Waals surface area contributed by atoms with Crippen LogP contribution in [-0.2, 0) is 14.3 Å². The van der Waals surface area contributed by atoms with Crippen LogP contribution in [0.1, 0.15) is 40.5 Å². The third-order valence-electron chi connectivity index (χ3n) is 2.17. The Morgan fingerprint density at radius 2 is 1.31 bits per heavy atom. The highest BCUT2D eigenvalue weighted by atomic mass is 16.6. The van der Waals surface area contributed by atoms with E-state index in [0.717, 1.165) is 0 Å². The Morgan fingerprint density at radius 1 is 1.00 bits per heavy atom. The average molecular weight is 186 g/mol. The minimum absolute atomic E-state index is 0.188. The number of carbonyl (C=O) groups excluding carboxylic acids is 2. The molecule has 2 unspecified atom stereocenters. The number of cyclic esters (lactones) is 2. The molecule has 1 heterocycles. The van der Waals surface area contributed by atoms with Crippen molar-refractivity contribution in [3.05, 3.63) is 0 Å². The molecule has 2 atom stereocenters. The molecule has 1 aliphatic rings. The van der Waals surface area contributed by atoms with Crippen molar-refractivity contribution in [1.82, 2.24) is 0 Å². The summed E-state index contributed by atoms with van der Waals surface area (Å²) in [5, 5.41) is 0. The zero-order chi connectivity index (χ0) is 10.4. The summed E-state index contributed by atoms with van der Waals surface area (Å²) in [7, 11) is 0. The van der Waals surface area contributed by atoms with E-state index in [4.69, 9.17) is 0 Å². The van der Waals surface area contributed by atoms with Crippen molar-refractivity contribution in [1.29, 1.82) is 0 Å². The molecule has 0 aromatic carbocycles. The second kappa shape index (κ2) is 5.73. The second-order valence-electron chi connectivity index (χ2n) is 2.77. The fourth-order valence-electron chi connectivity index (χ4n) is 1.48. The van der Waals surface area contributed by atoms with Gasteiger partial charge in [-0.1, -0.05) is 27.7 Å². The van der Waals surface area contributed by atoms with Crippen LogP contribution in [0.2, 0.25) is 0 Å². The van der Waals surface area contributed by atoms with E-state index in [0.29, 0.717) is 12.8 Å². The van der Waals surface area contributed by atoms with Crippen LogP contribution in [-0.4, -0.2) is 11.9 Å². The van der Waals surface area contributed by atoms with Gasteiger partial charge in [0, 0.05) is 0 Å². The molecule has 1 saturated heterocycles. The maximum atomic E-state index is 10.9. The van der Waals surface area contributed by atoms with Crippen LogP contribution in [0.4, 0.5) is 0 Å². The van der Waals surface area contributed by atoms with Crippen molar-refractivity contribution in [3.8, 4) is 0 Å². The highest BCUT2D eigenvalue weighted by Gasteiger charge is 2.41. The van der Waals surface area contributed by atoms with E-state index in [1.54, 1.807) is 0 Å². The van der Waals surface area contributed by atoms with Gasteiger partial charge in [0.2, 0.25) is 0 Å². The minimum Gasteiger partial charge on any atom is -0.393 e. The molecular weight excluding hydrogens is 168 g/mol. The van der Waals surface area contributed by atoms with Crippen molar-refractivity contribution in [2.24, 2.45) is 11.8 Å². The summed E-state index contributed by atoms with van der Waals surface area (Å²) in [4.78, 5) is 21.9. The summed E-state index contributed by atoms with van der Waals surface area (Å²) in [5.74, 6) is -1.06. The number of carbonyl (C=O) groups is 2. The topological polar surface area (TPSA) is 43.4 Å². The fourth-order valence-corrected chi connectivity index (χ4v) is 1.48. The maximum absolute atomic E-state index is 10.9. The van der Waals surface area contributed by atoms with Crippen molar-refractivity contribution in [2.75, 3.05) is 0 Å². The molecule has 0 N–H and O–H groups in total. The Bertz CT molecular complexity index is 167. The molecule has 13 heavy (non-hydrogen) atoms. The molecule has 3 heteroatoms. The van der Waals surface area contributed by atoms with Crippen LogP contribution < -0.4 is 0 Å². The fraction of sp³-hybridized carbons (Fsp3) is 0.800. The first-order valence-corrected chi connectivity index (χ1v) is 4.96. The predicted molar refractivity (Wildman–Crippen MR) is 50.0 cm³/mol. The maximum Gasteiger partial charge on any atom is 0.317 e. The van der Waals surface area contributed by atoms with E-state index in [9.17, 15) is 9.59 Å². The van der Waals surface area contributed by atoms with Gasteiger partial charge in [0.15, 0.2) is 0 Å². The van der Waals surface area contributed by atoms with E-state index in [-0.39, 0.29) is 23.8 Å². The predicted octanol–water partition coefficient (Wildman–Crippen LogP) is 2.15. The summed E-state index contributed by atoms with van der Waals surface area (Å²) in [5.41, 5.74) is 0. The molecule has 76 valence electrons. The molecule has 1 rings (SSSR count).